The molecule has 0 spiro atoms. The van der Waals surface area contributed by atoms with Crippen molar-refractivity contribution < 1.29 is 18.8 Å². The van der Waals surface area contributed by atoms with Crippen molar-refractivity contribution in [2.24, 2.45) is 5.16 Å². The molecule has 0 bridgehead atoms. The van der Waals surface area contributed by atoms with E-state index in [1.54, 1.807) is 44.4 Å². The standard InChI is InChI=1S/C18H16ClFN2O3/c1-3-24-17(23)18(2)10-16(22-25-18)13-8-12(15(20)9-14(13)19)11-4-6-21-7-5-11/h4-9H,3,10H2,1-2H3. The van der Waals surface area contributed by atoms with E-state index in [0.29, 0.717) is 22.4 Å². The van der Waals surface area contributed by atoms with E-state index in [9.17, 15) is 9.18 Å². The van der Waals surface area contributed by atoms with Gasteiger partial charge in [-0.15, -0.1) is 0 Å². The fraction of sp³-hybridized carbons (Fsp3) is 0.278. The highest BCUT2D eigenvalue weighted by molar-refractivity contribution is 6.34. The molecule has 130 valence electrons. The Balaban J connectivity index is 1.95. The van der Waals surface area contributed by atoms with E-state index in [0.717, 1.165) is 0 Å². The first-order valence-electron chi connectivity index (χ1n) is 7.76. The van der Waals surface area contributed by atoms with E-state index in [2.05, 4.69) is 10.1 Å². The molecule has 1 aliphatic rings. The van der Waals surface area contributed by atoms with Gasteiger partial charge in [-0.05, 0) is 43.7 Å². The van der Waals surface area contributed by atoms with Gasteiger partial charge in [0.2, 0.25) is 5.60 Å². The van der Waals surface area contributed by atoms with Crippen molar-refractivity contribution in [3.63, 3.8) is 0 Å². The second-order valence-corrected chi connectivity index (χ2v) is 6.21. The molecule has 1 aromatic heterocycles. The molecule has 3 rings (SSSR count). The molecule has 0 radical (unpaired) electrons. The predicted octanol–water partition coefficient (Wildman–Crippen LogP) is 3.99. The molecular formula is C18H16ClFN2O3. The number of pyridine rings is 1. The van der Waals surface area contributed by atoms with Crippen molar-refractivity contribution in [1.82, 2.24) is 4.98 Å². The average Bonchev–Trinajstić information content (AvgIpc) is 2.99. The summed E-state index contributed by atoms with van der Waals surface area (Å²) in [5.41, 5.74) is 0.811. The second kappa shape index (κ2) is 6.80. The Kier molecular flexibility index (Phi) is 4.72. The Morgan fingerprint density at radius 3 is 2.76 bits per heavy atom. The summed E-state index contributed by atoms with van der Waals surface area (Å²) in [6, 6.07) is 6.23. The number of hydrogen-bond donors (Lipinski definition) is 0. The van der Waals surface area contributed by atoms with Crippen molar-refractivity contribution in [3.8, 4) is 11.1 Å². The van der Waals surface area contributed by atoms with Crippen molar-refractivity contribution in [2.75, 3.05) is 6.61 Å². The molecule has 1 aliphatic heterocycles. The molecule has 0 amide bonds. The number of ether oxygens (including phenoxy) is 1. The number of rotatable bonds is 4. The van der Waals surface area contributed by atoms with Gasteiger partial charge in [0, 0.05) is 29.9 Å². The van der Waals surface area contributed by atoms with Gasteiger partial charge in [-0.2, -0.15) is 0 Å². The molecular weight excluding hydrogens is 347 g/mol. The summed E-state index contributed by atoms with van der Waals surface area (Å²) in [7, 11) is 0. The number of carbonyl (C=O) groups is 1. The van der Waals surface area contributed by atoms with E-state index in [1.165, 1.54) is 6.07 Å². The van der Waals surface area contributed by atoms with Crippen LogP contribution in [0.15, 0.2) is 41.8 Å². The molecule has 0 aliphatic carbocycles. The van der Waals surface area contributed by atoms with E-state index in [1.807, 2.05) is 0 Å². The quantitative estimate of drug-likeness (QED) is 0.772. The number of oxime groups is 1. The summed E-state index contributed by atoms with van der Waals surface area (Å²) < 4.78 is 19.4. The summed E-state index contributed by atoms with van der Waals surface area (Å²) in [4.78, 5) is 21.3. The van der Waals surface area contributed by atoms with Crippen LogP contribution in [-0.2, 0) is 14.4 Å². The number of esters is 1. The highest BCUT2D eigenvalue weighted by atomic mass is 35.5. The minimum atomic E-state index is -1.21. The van der Waals surface area contributed by atoms with Crippen LogP contribution in [0.25, 0.3) is 11.1 Å². The summed E-state index contributed by atoms with van der Waals surface area (Å²) in [5, 5.41) is 4.18. The summed E-state index contributed by atoms with van der Waals surface area (Å²) >= 11 is 6.20. The number of nitrogens with zero attached hydrogens (tertiary/aromatic N) is 2. The lowest BCUT2D eigenvalue weighted by Gasteiger charge is -2.18. The van der Waals surface area contributed by atoms with Crippen molar-refractivity contribution in [2.45, 2.75) is 25.9 Å². The van der Waals surface area contributed by atoms with Gasteiger partial charge >= 0.3 is 5.97 Å². The van der Waals surface area contributed by atoms with E-state index in [4.69, 9.17) is 21.2 Å². The first-order chi connectivity index (χ1) is 11.9. The minimum absolute atomic E-state index is 0.187. The normalized spacial score (nSPS) is 19.3. The van der Waals surface area contributed by atoms with Gasteiger partial charge in [0.25, 0.3) is 0 Å². The van der Waals surface area contributed by atoms with Crippen LogP contribution in [-0.4, -0.2) is 28.9 Å². The summed E-state index contributed by atoms with van der Waals surface area (Å²) in [6.45, 7) is 3.56. The maximum Gasteiger partial charge on any atom is 0.353 e. The molecule has 2 aromatic rings. The molecule has 25 heavy (non-hydrogen) atoms. The third kappa shape index (κ3) is 3.35. The highest BCUT2D eigenvalue weighted by Gasteiger charge is 2.44. The van der Waals surface area contributed by atoms with Crippen LogP contribution in [0.1, 0.15) is 25.8 Å². The average molecular weight is 363 g/mol. The number of hydrogen-bond acceptors (Lipinski definition) is 5. The molecule has 1 atom stereocenters. The molecule has 5 nitrogen and oxygen atoms in total. The predicted molar refractivity (Wildman–Crippen MR) is 91.9 cm³/mol. The van der Waals surface area contributed by atoms with Gasteiger partial charge in [-0.3, -0.25) is 4.98 Å². The minimum Gasteiger partial charge on any atom is -0.463 e. The van der Waals surface area contributed by atoms with E-state index in [-0.39, 0.29) is 18.1 Å². The number of aromatic nitrogens is 1. The first kappa shape index (κ1) is 17.4. The largest absolute Gasteiger partial charge is 0.463 e. The van der Waals surface area contributed by atoms with Crippen molar-refractivity contribution in [3.05, 3.63) is 53.1 Å². The Morgan fingerprint density at radius 1 is 1.36 bits per heavy atom. The van der Waals surface area contributed by atoms with Crippen molar-refractivity contribution >= 4 is 23.3 Å². The molecule has 2 heterocycles. The molecule has 1 aromatic carbocycles. The van der Waals surface area contributed by atoms with Crippen LogP contribution in [0.5, 0.6) is 0 Å². The van der Waals surface area contributed by atoms with Crippen LogP contribution in [0.4, 0.5) is 4.39 Å². The zero-order valence-corrected chi connectivity index (χ0v) is 14.5. The van der Waals surface area contributed by atoms with Crippen LogP contribution < -0.4 is 0 Å². The maximum absolute atomic E-state index is 14.3. The number of benzene rings is 1. The molecule has 7 heteroatoms. The third-order valence-electron chi connectivity index (χ3n) is 3.93. The van der Waals surface area contributed by atoms with Gasteiger partial charge in [0.05, 0.1) is 17.3 Å². The molecule has 0 saturated heterocycles. The zero-order chi connectivity index (χ0) is 18.0. The first-order valence-corrected chi connectivity index (χ1v) is 8.14. The Labute approximate surface area is 149 Å². The van der Waals surface area contributed by atoms with Crippen molar-refractivity contribution in [1.29, 1.82) is 0 Å². The van der Waals surface area contributed by atoms with Gasteiger partial charge in [-0.1, -0.05) is 16.8 Å². The number of halogens is 2. The molecule has 0 N–H and O–H groups in total. The molecule has 1 unspecified atom stereocenters. The fourth-order valence-electron chi connectivity index (χ4n) is 2.60. The molecule has 0 saturated carbocycles. The van der Waals surface area contributed by atoms with E-state index < -0.39 is 17.4 Å². The monoisotopic (exact) mass is 362 g/mol. The summed E-state index contributed by atoms with van der Waals surface area (Å²) in [6.07, 6.45) is 3.35. The third-order valence-corrected chi connectivity index (χ3v) is 4.24. The SMILES string of the molecule is CCOC(=O)C1(C)CC(c2cc(-c3ccncc3)c(F)cc2Cl)=NO1. The Bertz CT molecular complexity index is 842. The smallest absolute Gasteiger partial charge is 0.353 e. The van der Waals surface area contributed by atoms with Gasteiger partial charge in [0.1, 0.15) is 5.82 Å². The molecule has 0 fully saturated rings. The van der Waals surface area contributed by atoms with Gasteiger partial charge < -0.3 is 9.57 Å². The lowest BCUT2D eigenvalue weighted by molar-refractivity contribution is -0.166. The topological polar surface area (TPSA) is 60.8 Å². The fourth-order valence-corrected chi connectivity index (χ4v) is 2.86. The van der Waals surface area contributed by atoms with E-state index >= 15 is 0 Å². The van der Waals surface area contributed by atoms with Crippen LogP contribution in [0.2, 0.25) is 5.02 Å². The lowest BCUT2D eigenvalue weighted by Crippen LogP contribution is -2.37. The highest BCUT2D eigenvalue weighted by Crippen LogP contribution is 2.34. The van der Waals surface area contributed by atoms with Crippen LogP contribution in [0, 0.1) is 5.82 Å². The number of carbonyl (C=O) groups excluding carboxylic acids is 1. The Morgan fingerprint density at radius 2 is 2.08 bits per heavy atom. The maximum atomic E-state index is 14.3. The summed E-state index contributed by atoms with van der Waals surface area (Å²) in [5.74, 6) is -0.950. The Hall–Kier alpha value is -2.47. The van der Waals surface area contributed by atoms with Crippen LogP contribution >= 0.6 is 11.6 Å². The zero-order valence-electron chi connectivity index (χ0n) is 13.8. The second-order valence-electron chi connectivity index (χ2n) is 5.81. The lowest BCUT2D eigenvalue weighted by atomic mass is 9.94. The van der Waals surface area contributed by atoms with Gasteiger partial charge in [0.15, 0.2) is 0 Å². The van der Waals surface area contributed by atoms with Crippen LogP contribution in [0.3, 0.4) is 0 Å². The van der Waals surface area contributed by atoms with Gasteiger partial charge in [-0.25, -0.2) is 9.18 Å².